The molecule has 0 aromatic rings. The van der Waals surface area contributed by atoms with E-state index in [9.17, 15) is 48.8 Å². The van der Waals surface area contributed by atoms with Crippen molar-refractivity contribution in [1.82, 2.24) is 0 Å². The van der Waals surface area contributed by atoms with Crippen LogP contribution in [0.25, 0.3) is 0 Å². The van der Waals surface area contributed by atoms with Crippen LogP contribution in [-0.4, -0.2) is 109 Å². The number of hydrogen-bond donors (Lipinski definition) is 7. The van der Waals surface area contributed by atoms with Gasteiger partial charge in [-0.1, -0.05) is 139 Å². The van der Waals surface area contributed by atoms with E-state index < -0.39 is 83.5 Å². The van der Waals surface area contributed by atoms with Gasteiger partial charge in [-0.15, -0.1) is 0 Å². The highest BCUT2D eigenvalue weighted by atomic mass is 31.2. The Labute approximate surface area is 392 Å². The van der Waals surface area contributed by atoms with Gasteiger partial charge >= 0.3 is 27.6 Å². The maximum atomic E-state index is 13.0. The Hall–Kier alpha value is -2.63. The highest BCUT2D eigenvalue weighted by molar-refractivity contribution is 7.47. The number of esters is 2. The fourth-order valence-corrected chi connectivity index (χ4v) is 8.40. The standard InChI is InChI=1S/C47H80O17P2/c1-3-5-7-9-11-13-15-17-18-20-22-24-26-28-30-34-41(50)62-39(37-61-66(58,59)64-47-44(53)42(51)43(52)46(45(47)54)63-65(55,56)57)36-60-40(49)35-31-33-38(48)32-29-27-25-23-21-19-16-14-12-10-8-6-4-2/h5,7,12,14,19,21,25,27,29,32,39,42-47,51-54H,3-4,6,8-11,13,15-18,20,22-24,26,28,30-31,33-37H2,1-2H3,(H,58,59)(H2,55,56,57)/b7-5-,14-12-,21-19-,27-25-,32-29+/t39-,42?,43?,44?,45?,46-,47+/m1/s1. The third-order valence-corrected chi connectivity index (χ3v) is 12.1. The van der Waals surface area contributed by atoms with Crippen LogP contribution >= 0.6 is 15.6 Å². The minimum absolute atomic E-state index is 0.00875. The molecule has 0 amide bonds. The molecule has 7 N–H and O–H groups in total. The molecule has 0 bridgehead atoms. The number of phosphoric acid groups is 2. The number of carbonyl (C=O) groups excluding carboxylic acids is 3. The molecule has 5 unspecified atom stereocenters. The van der Waals surface area contributed by atoms with Gasteiger partial charge in [-0.05, 0) is 63.9 Å². The molecule has 380 valence electrons. The summed E-state index contributed by atoms with van der Waals surface area (Å²) in [6.45, 7) is 2.78. The Kier molecular flexibility index (Phi) is 34.7. The van der Waals surface area contributed by atoms with E-state index in [1.54, 1.807) is 12.2 Å². The predicted molar refractivity (Wildman–Crippen MR) is 251 cm³/mol. The van der Waals surface area contributed by atoms with E-state index in [0.717, 1.165) is 64.2 Å². The van der Waals surface area contributed by atoms with Crippen molar-refractivity contribution in [2.45, 2.75) is 204 Å². The van der Waals surface area contributed by atoms with Gasteiger partial charge in [0.25, 0.3) is 0 Å². The second kappa shape index (κ2) is 37.3. The SMILES string of the molecule is CC/C=C\CCCCCCCCCCCCCC(=O)O[C@H](COC(=O)CCCC(=O)/C=C/C=C\C/C=C\C/C=C\CCCCC)COP(=O)(O)O[C@H]1C(O)C(O)C(O)[C@@H](OP(=O)(O)O)C1O. The number of aliphatic hydroxyl groups is 4. The lowest BCUT2D eigenvalue weighted by Crippen LogP contribution is -2.64. The van der Waals surface area contributed by atoms with Crippen molar-refractivity contribution in [2.24, 2.45) is 0 Å². The van der Waals surface area contributed by atoms with Crippen LogP contribution in [0.15, 0.2) is 60.8 Å². The number of carbonyl (C=O) groups is 3. The van der Waals surface area contributed by atoms with Crippen molar-refractivity contribution in [3.63, 3.8) is 0 Å². The zero-order chi connectivity index (χ0) is 49.1. The quantitative estimate of drug-likeness (QED) is 0.00763. The molecule has 1 rings (SSSR count). The largest absolute Gasteiger partial charge is 0.472 e. The van der Waals surface area contributed by atoms with Gasteiger partial charge in [0, 0.05) is 19.3 Å². The van der Waals surface area contributed by atoms with Crippen LogP contribution in [0.3, 0.4) is 0 Å². The van der Waals surface area contributed by atoms with Gasteiger partial charge < -0.3 is 44.6 Å². The predicted octanol–water partition coefficient (Wildman–Crippen LogP) is 8.24. The van der Waals surface area contributed by atoms with Crippen LogP contribution < -0.4 is 0 Å². The fourth-order valence-electron chi connectivity index (χ4n) is 6.86. The number of ether oxygens (including phenoxy) is 2. The third-order valence-electron chi connectivity index (χ3n) is 10.6. The van der Waals surface area contributed by atoms with Crippen LogP contribution in [0.2, 0.25) is 0 Å². The Morgan fingerprint density at radius 3 is 1.68 bits per heavy atom. The first-order valence-corrected chi connectivity index (χ1v) is 26.8. The van der Waals surface area contributed by atoms with Crippen LogP contribution in [0.5, 0.6) is 0 Å². The molecule has 0 aromatic heterocycles. The lowest BCUT2D eigenvalue weighted by Gasteiger charge is -2.43. The summed E-state index contributed by atoms with van der Waals surface area (Å²) in [6.07, 6.45) is 24.7. The van der Waals surface area contributed by atoms with Crippen molar-refractivity contribution in [3.05, 3.63) is 60.8 Å². The Morgan fingerprint density at radius 2 is 1.08 bits per heavy atom. The first-order chi connectivity index (χ1) is 31.5. The van der Waals surface area contributed by atoms with E-state index in [-0.39, 0.29) is 31.5 Å². The molecular weight excluding hydrogens is 898 g/mol. The summed E-state index contributed by atoms with van der Waals surface area (Å²) in [5.74, 6) is -1.67. The van der Waals surface area contributed by atoms with Crippen molar-refractivity contribution >= 4 is 33.4 Å². The second-order valence-corrected chi connectivity index (χ2v) is 19.1. The molecule has 0 saturated heterocycles. The number of rotatable bonds is 39. The summed E-state index contributed by atoms with van der Waals surface area (Å²) in [6, 6.07) is 0. The molecule has 0 aromatic carbocycles. The number of aliphatic hydroxyl groups excluding tert-OH is 4. The van der Waals surface area contributed by atoms with Gasteiger partial charge in [-0.2, -0.15) is 0 Å². The van der Waals surface area contributed by atoms with Gasteiger partial charge in [0.2, 0.25) is 0 Å². The molecule has 1 fully saturated rings. The van der Waals surface area contributed by atoms with Crippen LogP contribution in [0.4, 0.5) is 0 Å². The summed E-state index contributed by atoms with van der Waals surface area (Å²) in [7, 11) is -10.8. The average Bonchev–Trinajstić information content (AvgIpc) is 3.26. The zero-order valence-electron chi connectivity index (χ0n) is 39.1. The summed E-state index contributed by atoms with van der Waals surface area (Å²) in [5, 5.41) is 41.2. The van der Waals surface area contributed by atoms with Crippen LogP contribution in [-0.2, 0) is 46.6 Å². The molecule has 19 heteroatoms. The van der Waals surface area contributed by atoms with Gasteiger partial charge in [0.1, 0.15) is 43.2 Å². The average molecular weight is 979 g/mol. The van der Waals surface area contributed by atoms with E-state index in [1.807, 2.05) is 12.2 Å². The fraction of sp³-hybridized carbons (Fsp3) is 0.723. The Balaban J connectivity index is 2.67. The van der Waals surface area contributed by atoms with Gasteiger partial charge in [-0.25, -0.2) is 9.13 Å². The molecule has 1 aliphatic carbocycles. The van der Waals surface area contributed by atoms with Crippen molar-refractivity contribution in [2.75, 3.05) is 13.2 Å². The summed E-state index contributed by atoms with van der Waals surface area (Å²) < 4.78 is 49.2. The molecule has 0 heterocycles. The van der Waals surface area contributed by atoms with E-state index in [4.69, 9.17) is 28.3 Å². The van der Waals surface area contributed by atoms with E-state index in [2.05, 4.69) is 48.8 Å². The highest BCUT2D eigenvalue weighted by Gasteiger charge is 2.54. The number of hydrogen-bond acceptors (Lipinski definition) is 14. The number of allylic oxidation sites excluding steroid dienone is 10. The molecular formula is C47H80O17P2. The summed E-state index contributed by atoms with van der Waals surface area (Å²) in [5.41, 5.74) is 0. The Morgan fingerprint density at radius 1 is 0.545 bits per heavy atom. The molecule has 66 heavy (non-hydrogen) atoms. The van der Waals surface area contributed by atoms with Crippen LogP contribution in [0.1, 0.15) is 162 Å². The topological polar surface area (TPSA) is 273 Å². The lowest BCUT2D eigenvalue weighted by molar-refractivity contribution is -0.216. The Bertz CT molecular complexity index is 1570. The maximum absolute atomic E-state index is 13.0. The molecule has 0 radical (unpaired) electrons. The first kappa shape index (κ1) is 61.4. The number of phosphoric ester groups is 2. The molecule has 1 saturated carbocycles. The first-order valence-electron chi connectivity index (χ1n) is 23.8. The van der Waals surface area contributed by atoms with Crippen molar-refractivity contribution in [1.29, 1.82) is 0 Å². The van der Waals surface area contributed by atoms with E-state index in [0.29, 0.717) is 6.42 Å². The monoisotopic (exact) mass is 978 g/mol. The minimum Gasteiger partial charge on any atom is -0.462 e. The molecule has 17 nitrogen and oxygen atoms in total. The molecule has 0 spiro atoms. The molecule has 1 aliphatic rings. The number of ketones is 1. The van der Waals surface area contributed by atoms with Gasteiger partial charge in [0.15, 0.2) is 11.9 Å². The van der Waals surface area contributed by atoms with Gasteiger partial charge in [0.05, 0.1) is 6.61 Å². The zero-order valence-corrected chi connectivity index (χ0v) is 40.9. The smallest absolute Gasteiger partial charge is 0.462 e. The van der Waals surface area contributed by atoms with E-state index in [1.165, 1.54) is 57.4 Å². The second-order valence-electron chi connectivity index (χ2n) is 16.5. The summed E-state index contributed by atoms with van der Waals surface area (Å²) >= 11 is 0. The summed E-state index contributed by atoms with van der Waals surface area (Å²) in [4.78, 5) is 66.5. The number of unbranched alkanes of at least 4 members (excludes halogenated alkanes) is 14. The minimum atomic E-state index is -5.39. The van der Waals surface area contributed by atoms with Crippen molar-refractivity contribution in [3.8, 4) is 0 Å². The third kappa shape index (κ3) is 31.4. The molecule has 8 atom stereocenters. The van der Waals surface area contributed by atoms with Gasteiger partial charge in [-0.3, -0.25) is 28.0 Å². The van der Waals surface area contributed by atoms with E-state index >= 15 is 0 Å². The lowest BCUT2D eigenvalue weighted by atomic mass is 9.85. The van der Waals surface area contributed by atoms with Crippen LogP contribution in [0, 0.1) is 0 Å². The maximum Gasteiger partial charge on any atom is 0.472 e. The molecule has 0 aliphatic heterocycles. The van der Waals surface area contributed by atoms with Crippen molar-refractivity contribution < 1.29 is 81.7 Å². The highest BCUT2D eigenvalue weighted by Crippen LogP contribution is 2.49. The normalized spacial score (nSPS) is 22.0.